The van der Waals surface area contributed by atoms with Crippen molar-refractivity contribution in [1.82, 2.24) is 4.72 Å². The fraction of sp³-hybridized carbons (Fsp3) is 0.167. The lowest BCUT2D eigenvalue weighted by atomic mass is 10.1. The maximum Gasteiger partial charge on any atom is 0.307 e. The number of hydrogen-bond donors (Lipinski definition) is 1. The molecule has 25 heavy (non-hydrogen) atoms. The second-order valence-electron chi connectivity index (χ2n) is 5.26. The summed E-state index contributed by atoms with van der Waals surface area (Å²) in [7, 11) is -2.48. The van der Waals surface area contributed by atoms with Crippen LogP contribution < -0.4 is 4.72 Å². The van der Waals surface area contributed by atoms with E-state index in [0.717, 1.165) is 15.4 Å². The molecule has 1 unspecified atom stereocenters. The number of sulfonamides is 1. The van der Waals surface area contributed by atoms with Gasteiger partial charge in [-0.25, -0.2) is 13.1 Å². The molecule has 0 aliphatic rings. The topological polar surface area (TPSA) is 72.5 Å². The Kier molecular flexibility index (Phi) is 6.92. The third kappa shape index (κ3) is 6.45. The number of ether oxygens (including phenoxy) is 1. The van der Waals surface area contributed by atoms with Crippen LogP contribution in [0.1, 0.15) is 23.6 Å². The highest BCUT2D eigenvalue weighted by Crippen LogP contribution is 2.22. The van der Waals surface area contributed by atoms with Crippen molar-refractivity contribution in [2.24, 2.45) is 0 Å². The maximum atomic E-state index is 12.4. The van der Waals surface area contributed by atoms with E-state index in [9.17, 15) is 13.2 Å². The largest absolute Gasteiger partial charge is 0.469 e. The van der Waals surface area contributed by atoms with Gasteiger partial charge in [0.1, 0.15) is 0 Å². The molecule has 0 aliphatic carbocycles. The van der Waals surface area contributed by atoms with Crippen LogP contribution in [0.25, 0.3) is 6.08 Å². The van der Waals surface area contributed by atoms with E-state index in [1.165, 1.54) is 13.2 Å². The highest BCUT2D eigenvalue weighted by Gasteiger charge is 2.21. The van der Waals surface area contributed by atoms with E-state index in [4.69, 9.17) is 0 Å². The zero-order valence-electron chi connectivity index (χ0n) is 13.6. The van der Waals surface area contributed by atoms with E-state index in [2.05, 4.69) is 25.4 Å². The van der Waals surface area contributed by atoms with Gasteiger partial charge in [-0.05, 0) is 29.3 Å². The van der Waals surface area contributed by atoms with Crippen molar-refractivity contribution < 1.29 is 17.9 Å². The second kappa shape index (κ2) is 8.94. The molecule has 0 amide bonds. The summed E-state index contributed by atoms with van der Waals surface area (Å²) in [5.41, 5.74) is 1.43. The van der Waals surface area contributed by atoms with Crippen molar-refractivity contribution in [2.75, 3.05) is 7.11 Å². The van der Waals surface area contributed by atoms with Gasteiger partial charge in [0.05, 0.1) is 19.6 Å². The number of esters is 1. The van der Waals surface area contributed by atoms with Crippen molar-refractivity contribution in [3.05, 3.63) is 75.6 Å². The Bertz CT molecular complexity index is 850. The predicted molar refractivity (Wildman–Crippen MR) is 101 cm³/mol. The molecule has 0 saturated heterocycles. The lowest BCUT2D eigenvalue weighted by Gasteiger charge is -2.17. The molecule has 2 aromatic rings. The first-order valence-electron chi connectivity index (χ1n) is 7.47. The highest BCUT2D eigenvalue weighted by molar-refractivity contribution is 9.10. The van der Waals surface area contributed by atoms with Crippen molar-refractivity contribution in [2.45, 2.75) is 12.5 Å². The minimum Gasteiger partial charge on any atom is -0.469 e. The fourth-order valence-corrected chi connectivity index (χ4v) is 3.62. The normalized spacial score (nSPS) is 12.9. The average molecular weight is 424 g/mol. The molecule has 0 fully saturated rings. The lowest BCUT2D eigenvalue weighted by Crippen LogP contribution is -2.29. The molecule has 2 rings (SSSR count). The van der Waals surface area contributed by atoms with Gasteiger partial charge in [-0.3, -0.25) is 4.79 Å². The molecule has 132 valence electrons. The van der Waals surface area contributed by atoms with Gasteiger partial charge in [-0.1, -0.05) is 58.4 Å². The summed E-state index contributed by atoms with van der Waals surface area (Å²) in [6, 6.07) is 15.5. The monoisotopic (exact) mass is 423 g/mol. The summed E-state index contributed by atoms with van der Waals surface area (Å²) in [4.78, 5) is 11.7. The van der Waals surface area contributed by atoms with Crippen LogP contribution >= 0.6 is 15.9 Å². The molecule has 0 saturated carbocycles. The van der Waals surface area contributed by atoms with Gasteiger partial charge in [0.15, 0.2) is 0 Å². The maximum absolute atomic E-state index is 12.4. The number of methoxy groups -OCH3 is 1. The molecule has 0 aliphatic heterocycles. The van der Waals surface area contributed by atoms with Gasteiger partial charge >= 0.3 is 5.97 Å². The number of halogens is 1. The summed E-state index contributed by atoms with van der Waals surface area (Å²) in [5.74, 6) is -0.500. The Labute approximate surface area is 155 Å². The summed E-state index contributed by atoms with van der Waals surface area (Å²) in [6.07, 6.45) is 1.39. The second-order valence-corrected chi connectivity index (χ2v) is 7.78. The Morgan fingerprint density at radius 2 is 1.92 bits per heavy atom. The van der Waals surface area contributed by atoms with E-state index in [0.29, 0.717) is 5.56 Å². The highest BCUT2D eigenvalue weighted by atomic mass is 79.9. The molecule has 1 atom stereocenters. The molecule has 0 aromatic heterocycles. The first-order valence-corrected chi connectivity index (χ1v) is 9.81. The summed E-state index contributed by atoms with van der Waals surface area (Å²) >= 11 is 3.35. The standard InChI is InChI=1S/C18H18BrNO4S/c1-24-18(21)13-17(15-8-5-9-16(19)12-15)20-25(22,23)11-10-14-6-3-2-4-7-14/h2-12,17,20H,13H2,1H3/b11-10+. The Balaban J connectivity index is 2.22. The van der Waals surface area contributed by atoms with Gasteiger partial charge in [0, 0.05) is 9.88 Å². The summed E-state index contributed by atoms with van der Waals surface area (Å²) in [5, 5.41) is 1.09. The number of hydrogen-bond acceptors (Lipinski definition) is 4. The molecule has 0 bridgehead atoms. The van der Waals surface area contributed by atoms with E-state index in [-0.39, 0.29) is 6.42 Å². The molecule has 0 radical (unpaired) electrons. The Morgan fingerprint density at radius 1 is 1.20 bits per heavy atom. The SMILES string of the molecule is COC(=O)CC(NS(=O)(=O)/C=C/c1ccccc1)c1cccc(Br)c1. The average Bonchev–Trinajstić information content (AvgIpc) is 2.60. The molecular formula is C18H18BrNO4S. The van der Waals surface area contributed by atoms with Gasteiger partial charge in [0.2, 0.25) is 10.0 Å². The molecular weight excluding hydrogens is 406 g/mol. The van der Waals surface area contributed by atoms with Gasteiger partial charge in [-0.15, -0.1) is 0 Å². The first kappa shape index (κ1) is 19.4. The lowest BCUT2D eigenvalue weighted by molar-refractivity contribution is -0.141. The zero-order valence-corrected chi connectivity index (χ0v) is 16.0. The van der Waals surface area contributed by atoms with Gasteiger partial charge < -0.3 is 4.74 Å². The van der Waals surface area contributed by atoms with Crippen LogP contribution in [0.5, 0.6) is 0 Å². The van der Waals surface area contributed by atoms with Crippen molar-refractivity contribution in [3.8, 4) is 0 Å². The van der Waals surface area contributed by atoms with Gasteiger partial charge in [-0.2, -0.15) is 0 Å². The number of benzene rings is 2. The predicted octanol–water partition coefficient (Wildman–Crippen LogP) is 3.64. The Hall–Kier alpha value is -1.96. The van der Waals surface area contributed by atoms with E-state index in [1.54, 1.807) is 30.3 Å². The minimum atomic E-state index is -3.75. The van der Waals surface area contributed by atoms with Crippen molar-refractivity contribution in [3.63, 3.8) is 0 Å². The third-order valence-electron chi connectivity index (χ3n) is 3.40. The van der Waals surface area contributed by atoms with E-state index < -0.39 is 22.0 Å². The molecule has 0 heterocycles. The zero-order chi connectivity index (χ0) is 18.3. The molecule has 7 heteroatoms. The first-order chi connectivity index (χ1) is 11.9. The van der Waals surface area contributed by atoms with E-state index in [1.807, 2.05) is 24.3 Å². The van der Waals surface area contributed by atoms with Crippen LogP contribution in [0.3, 0.4) is 0 Å². The molecule has 0 spiro atoms. The fourth-order valence-electron chi connectivity index (χ4n) is 2.17. The number of carbonyl (C=O) groups excluding carboxylic acids is 1. The smallest absolute Gasteiger partial charge is 0.307 e. The van der Waals surface area contributed by atoms with Crippen LogP contribution in [0.2, 0.25) is 0 Å². The molecule has 1 N–H and O–H groups in total. The van der Waals surface area contributed by atoms with Crippen LogP contribution in [0, 0.1) is 0 Å². The molecule has 2 aromatic carbocycles. The van der Waals surface area contributed by atoms with Gasteiger partial charge in [0.25, 0.3) is 0 Å². The van der Waals surface area contributed by atoms with Crippen molar-refractivity contribution in [1.29, 1.82) is 0 Å². The molecule has 5 nitrogen and oxygen atoms in total. The minimum absolute atomic E-state index is 0.106. The summed E-state index contributed by atoms with van der Waals surface area (Å²) < 4.78 is 32.8. The Morgan fingerprint density at radius 3 is 2.56 bits per heavy atom. The van der Waals surface area contributed by atoms with Crippen LogP contribution in [0.4, 0.5) is 0 Å². The number of carbonyl (C=O) groups is 1. The summed E-state index contributed by atoms with van der Waals surface area (Å²) in [6.45, 7) is 0. The van der Waals surface area contributed by atoms with Crippen LogP contribution in [0.15, 0.2) is 64.5 Å². The van der Waals surface area contributed by atoms with Crippen molar-refractivity contribution >= 4 is 38.0 Å². The number of nitrogens with one attached hydrogen (secondary N) is 1. The number of rotatable bonds is 7. The van der Waals surface area contributed by atoms with Crippen LogP contribution in [-0.4, -0.2) is 21.5 Å². The third-order valence-corrected chi connectivity index (χ3v) is 5.00. The van der Waals surface area contributed by atoms with Crippen LogP contribution in [-0.2, 0) is 19.6 Å². The quantitative estimate of drug-likeness (QED) is 0.689. The van der Waals surface area contributed by atoms with E-state index >= 15 is 0 Å².